The maximum atomic E-state index is 12.2. The Morgan fingerprint density at radius 1 is 1.21 bits per heavy atom. The molecule has 0 atom stereocenters. The molecule has 1 aromatic carbocycles. The topological polar surface area (TPSA) is 54.5 Å². The van der Waals surface area contributed by atoms with Crippen LogP contribution in [0.25, 0.3) is 10.4 Å². The molecule has 0 saturated carbocycles. The van der Waals surface area contributed by atoms with Gasteiger partial charge in [-0.3, -0.25) is 5.32 Å². The van der Waals surface area contributed by atoms with Crippen LogP contribution in [0.4, 0.5) is 10.6 Å². The van der Waals surface area contributed by atoms with Gasteiger partial charge in [-0.05, 0) is 44.5 Å². The van der Waals surface area contributed by atoms with Gasteiger partial charge in [0, 0.05) is 5.41 Å². The van der Waals surface area contributed by atoms with E-state index in [4.69, 9.17) is 4.74 Å². The lowest BCUT2D eigenvalue weighted by Crippen LogP contribution is -2.50. The molecular formula is C18H21N3O2S. The molecule has 0 unspecified atom stereocenters. The first-order chi connectivity index (χ1) is 11.7. The number of rotatable bonds is 4. The van der Waals surface area contributed by atoms with E-state index in [0.29, 0.717) is 12.4 Å². The molecule has 1 aromatic heterocycles. The van der Waals surface area contributed by atoms with Gasteiger partial charge in [-0.1, -0.05) is 30.3 Å². The third-order valence-electron chi connectivity index (χ3n) is 5.21. The van der Waals surface area contributed by atoms with E-state index in [1.54, 1.807) is 5.51 Å². The Morgan fingerprint density at radius 2 is 1.92 bits per heavy atom. The molecule has 3 aliphatic rings. The molecule has 5 nitrogen and oxygen atoms in total. The number of nitrogens with one attached hydrogen (secondary N) is 1. The molecule has 5 rings (SSSR count). The van der Waals surface area contributed by atoms with Gasteiger partial charge < -0.3 is 9.64 Å². The second-order valence-corrected chi connectivity index (χ2v) is 7.54. The van der Waals surface area contributed by atoms with Gasteiger partial charge in [0.1, 0.15) is 0 Å². The summed E-state index contributed by atoms with van der Waals surface area (Å²) in [7, 11) is 0. The van der Waals surface area contributed by atoms with E-state index >= 15 is 0 Å². The highest BCUT2D eigenvalue weighted by atomic mass is 32.1. The summed E-state index contributed by atoms with van der Waals surface area (Å²) in [6.07, 6.45) is 2.99. The van der Waals surface area contributed by atoms with Gasteiger partial charge in [0.15, 0.2) is 5.82 Å². The van der Waals surface area contributed by atoms with E-state index < -0.39 is 6.09 Å². The number of aromatic nitrogens is 1. The fraction of sp³-hybridized carbons (Fsp3) is 0.444. The summed E-state index contributed by atoms with van der Waals surface area (Å²) in [5.74, 6) is 0.576. The lowest BCUT2D eigenvalue weighted by Gasteiger charge is -2.47. The number of hydrogen-bond acceptors (Lipinski definition) is 5. The summed E-state index contributed by atoms with van der Waals surface area (Å²) in [5, 5.41) is 2.81. The number of carbonyl (C=O) groups excluding carboxylic acids is 1. The summed E-state index contributed by atoms with van der Waals surface area (Å²) >= 11 is 1.51. The number of thiazole rings is 1. The van der Waals surface area contributed by atoms with Gasteiger partial charge in [-0.2, -0.15) is 0 Å². The normalized spacial score (nSPS) is 25.4. The molecule has 6 heteroatoms. The van der Waals surface area contributed by atoms with Crippen molar-refractivity contribution in [2.75, 3.05) is 31.6 Å². The number of hydrogen-bond donors (Lipinski definition) is 1. The standard InChI is InChI=1S/C18H21N3O2S/c22-17(23-12-18-6-9-21(10-7-18)11-8-18)20-16-15(24-13-19-16)14-4-2-1-3-5-14/h1-5,13H,6-12H2,(H,20,22). The molecule has 0 spiro atoms. The van der Waals surface area contributed by atoms with E-state index in [0.717, 1.165) is 49.3 Å². The Kier molecular flexibility index (Phi) is 4.24. The highest BCUT2D eigenvalue weighted by Crippen LogP contribution is 2.40. The van der Waals surface area contributed by atoms with Gasteiger partial charge in [-0.25, -0.2) is 9.78 Å². The van der Waals surface area contributed by atoms with Crippen molar-refractivity contribution in [1.82, 2.24) is 9.88 Å². The number of carbonyl (C=O) groups is 1. The van der Waals surface area contributed by atoms with Crippen molar-refractivity contribution in [2.24, 2.45) is 5.41 Å². The third-order valence-corrected chi connectivity index (χ3v) is 6.08. The minimum absolute atomic E-state index is 0.191. The van der Waals surface area contributed by atoms with Crippen LogP contribution in [0.5, 0.6) is 0 Å². The second kappa shape index (κ2) is 6.53. The van der Waals surface area contributed by atoms with Crippen LogP contribution in [0.2, 0.25) is 0 Å². The fourth-order valence-corrected chi connectivity index (χ4v) is 4.34. The van der Waals surface area contributed by atoms with Gasteiger partial charge in [-0.15, -0.1) is 11.3 Å². The molecular weight excluding hydrogens is 322 g/mol. The average molecular weight is 343 g/mol. The Hall–Kier alpha value is -1.92. The lowest BCUT2D eigenvalue weighted by atomic mass is 9.73. The summed E-state index contributed by atoms with van der Waals surface area (Å²) in [6.45, 7) is 3.91. The Bertz CT molecular complexity index is 694. The minimum Gasteiger partial charge on any atom is -0.449 e. The molecule has 2 bridgehead atoms. The van der Waals surface area contributed by atoms with E-state index in [1.807, 2.05) is 30.3 Å². The predicted molar refractivity (Wildman–Crippen MR) is 95.2 cm³/mol. The van der Waals surface area contributed by atoms with Gasteiger partial charge in [0.2, 0.25) is 0 Å². The number of anilines is 1. The van der Waals surface area contributed by atoms with Gasteiger partial charge in [0.25, 0.3) is 0 Å². The monoisotopic (exact) mass is 343 g/mol. The Labute approximate surface area is 145 Å². The van der Waals surface area contributed by atoms with Crippen molar-refractivity contribution in [1.29, 1.82) is 0 Å². The van der Waals surface area contributed by atoms with Crippen LogP contribution in [0.3, 0.4) is 0 Å². The fourth-order valence-electron chi connectivity index (χ4n) is 3.59. The first-order valence-electron chi connectivity index (χ1n) is 8.39. The molecule has 126 valence electrons. The van der Waals surface area contributed by atoms with E-state index in [2.05, 4.69) is 15.2 Å². The molecule has 3 saturated heterocycles. The number of nitrogens with zero attached hydrogens (tertiary/aromatic N) is 2. The number of fused-ring (bicyclic) bond motifs is 3. The zero-order valence-electron chi connectivity index (χ0n) is 13.5. The smallest absolute Gasteiger partial charge is 0.412 e. The van der Waals surface area contributed by atoms with Crippen LogP contribution in [0.15, 0.2) is 35.8 Å². The van der Waals surface area contributed by atoms with Crippen molar-refractivity contribution in [3.63, 3.8) is 0 Å². The van der Waals surface area contributed by atoms with Gasteiger partial charge >= 0.3 is 6.09 Å². The van der Waals surface area contributed by atoms with Crippen LogP contribution in [0.1, 0.15) is 19.3 Å². The first kappa shape index (κ1) is 15.6. The van der Waals surface area contributed by atoms with E-state index in [9.17, 15) is 4.79 Å². The summed E-state index contributed by atoms with van der Waals surface area (Å²) < 4.78 is 5.56. The molecule has 1 amide bonds. The quantitative estimate of drug-likeness (QED) is 0.916. The van der Waals surface area contributed by atoms with E-state index in [1.165, 1.54) is 11.3 Å². The zero-order valence-corrected chi connectivity index (χ0v) is 14.3. The Morgan fingerprint density at radius 3 is 2.62 bits per heavy atom. The molecule has 0 radical (unpaired) electrons. The highest BCUT2D eigenvalue weighted by molar-refractivity contribution is 7.13. The SMILES string of the molecule is O=C(Nc1ncsc1-c1ccccc1)OCC12CCN(CC1)CC2. The van der Waals surface area contributed by atoms with Crippen LogP contribution in [0, 0.1) is 5.41 Å². The molecule has 3 fully saturated rings. The molecule has 24 heavy (non-hydrogen) atoms. The largest absolute Gasteiger partial charge is 0.449 e. The molecule has 1 N–H and O–H groups in total. The van der Waals surface area contributed by atoms with Crippen LogP contribution >= 0.6 is 11.3 Å². The van der Waals surface area contributed by atoms with Crippen molar-refractivity contribution in [2.45, 2.75) is 19.3 Å². The maximum Gasteiger partial charge on any atom is 0.412 e. The molecule has 3 aliphatic heterocycles. The highest BCUT2D eigenvalue weighted by Gasteiger charge is 2.40. The first-order valence-corrected chi connectivity index (χ1v) is 9.27. The van der Waals surface area contributed by atoms with Crippen molar-refractivity contribution in [3.05, 3.63) is 35.8 Å². The molecule has 4 heterocycles. The van der Waals surface area contributed by atoms with Crippen molar-refractivity contribution >= 4 is 23.2 Å². The van der Waals surface area contributed by atoms with Crippen LogP contribution in [-0.2, 0) is 4.74 Å². The number of piperidine rings is 3. The van der Waals surface area contributed by atoms with E-state index in [-0.39, 0.29) is 5.41 Å². The summed E-state index contributed by atoms with van der Waals surface area (Å²) in [6, 6.07) is 9.95. The van der Waals surface area contributed by atoms with Crippen molar-refractivity contribution < 1.29 is 9.53 Å². The molecule has 2 aromatic rings. The number of amides is 1. The lowest BCUT2D eigenvalue weighted by molar-refractivity contribution is -0.0190. The Balaban J connectivity index is 1.38. The van der Waals surface area contributed by atoms with Crippen LogP contribution in [-0.4, -0.2) is 42.2 Å². The molecule has 0 aliphatic carbocycles. The second-order valence-electron chi connectivity index (χ2n) is 6.69. The summed E-state index contributed by atoms with van der Waals surface area (Å²) in [4.78, 5) is 19.9. The summed E-state index contributed by atoms with van der Waals surface area (Å²) in [5.41, 5.74) is 2.98. The zero-order chi connectivity index (χ0) is 16.4. The van der Waals surface area contributed by atoms with Crippen LogP contribution < -0.4 is 5.32 Å². The maximum absolute atomic E-state index is 12.2. The van der Waals surface area contributed by atoms with Gasteiger partial charge in [0.05, 0.1) is 17.0 Å². The average Bonchev–Trinajstić information content (AvgIpc) is 3.10. The number of ether oxygens (including phenoxy) is 1. The number of benzene rings is 1. The third kappa shape index (κ3) is 3.16. The minimum atomic E-state index is -0.402. The predicted octanol–water partition coefficient (Wildman–Crippen LogP) is 3.84. The van der Waals surface area contributed by atoms with Crippen molar-refractivity contribution in [3.8, 4) is 10.4 Å².